The third kappa shape index (κ3) is 11.1. The van der Waals surface area contributed by atoms with E-state index in [1.165, 1.54) is 37.4 Å². The molecule has 0 bridgehead atoms. The van der Waals surface area contributed by atoms with Crippen LogP contribution in [-0.4, -0.2) is 6.21 Å². The minimum atomic E-state index is -0.638. The fraction of sp³-hybridized carbons (Fsp3) is 0. The molecule has 0 spiro atoms. The summed E-state index contributed by atoms with van der Waals surface area (Å²) in [6.07, 6.45) is 1.99. The first kappa shape index (κ1) is 36.6. The van der Waals surface area contributed by atoms with Gasteiger partial charge in [0.05, 0.1) is 5.69 Å². The predicted molar refractivity (Wildman–Crippen MR) is 216 cm³/mol. The van der Waals surface area contributed by atoms with Crippen LogP contribution in [0.3, 0.4) is 0 Å². The molecule has 0 saturated carbocycles. The average Bonchev–Trinajstić information content (AvgIpc) is 3.18. The van der Waals surface area contributed by atoms with E-state index < -0.39 is 15.8 Å². The van der Waals surface area contributed by atoms with E-state index >= 15 is 0 Å². The number of hydrogen-bond donors (Lipinski definition) is 0. The van der Waals surface area contributed by atoms with Gasteiger partial charge in [0, 0.05) is 11.8 Å². The second-order valence-corrected chi connectivity index (χ2v) is 17.6. The van der Waals surface area contributed by atoms with Crippen LogP contribution < -0.4 is 31.8 Å². The fourth-order valence-electron chi connectivity index (χ4n) is 5.22. The van der Waals surface area contributed by atoms with Gasteiger partial charge in [-0.25, -0.2) is 0 Å². The maximum absolute atomic E-state index is 4.85. The maximum atomic E-state index is 4.85. The van der Waals surface area contributed by atoms with Crippen LogP contribution in [-0.2, 0) is 15.1 Å². The third-order valence-corrected chi connectivity index (χ3v) is 12.3. The number of aliphatic imine (C=N–C) groups is 1. The summed E-state index contributed by atoms with van der Waals surface area (Å²) in [6, 6.07) is 72.5. The molecule has 0 fully saturated rings. The molecule has 0 unspecified atom stereocenters. The Morgan fingerprint density at radius 1 is 0.367 bits per heavy atom. The Morgan fingerprint density at radius 2 is 0.653 bits per heavy atom. The van der Waals surface area contributed by atoms with Gasteiger partial charge in [-0.1, -0.05) is 194 Å². The van der Waals surface area contributed by atoms with E-state index in [2.05, 4.69) is 176 Å². The van der Waals surface area contributed by atoms with Crippen molar-refractivity contribution in [3.05, 3.63) is 212 Å². The van der Waals surface area contributed by atoms with Crippen molar-refractivity contribution in [2.24, 2.45) is 4.99 Å². The van der Waals surface area contributed by atoms with Gasteiger partial charge in [-0.2, -0.15) is 0 Å². The Balaban J connectivity index is 0.000000186. The zero-order chi connectivity index (χ0) is 33.9. The molecule has 0 aliphatic heterocycles. The smallest absolute Gasteiger partial charge is 0.0134 e. The Kier molecular flexibility index (Phi) is 15.4. The van der Waals surface area contributed by atoms with Crippen molar-refractivity contribution < 1.29 is 15.1 Å². The number of para-hydroxylation sites is 1. The summed E-state index contributed by atoms with van der Waals surface area (Å²) in [6.45, 7) is 0. The number of nitrogens with zero attached hydrogens (tertiary/aromatic N) is 1. The van der Waals surface area contributed by atoms with Crippen LogP contribution in [0.2, 0.25) is 0 Å². The molecule has 7 aromatic carbocycles. The molecule has 49 heavy (non-hydrogen) atoms. The van der Waals surface area contributed by atoms with Crippen molar-refractivity contribution in [1.82, 2.24) is 0 Å². The van der Waals surface area contributed by atoms with E-state index in [0.29, 0.717) is 0 Å². The van der Waals surface area contributed by atoms with Crippen LogP contribution in [0.1, 0.15) is 5.56 Å². The molecule has 0 atom stereocenters. The quantitative estimate of drug-likeness (QED) is 0.0825. The van der Waals surface area contributed by atoms with Gasteiger partial charge in [-0.05, 0) is 59.8 Å². The van der Waals surface area contributed by atoms with Gasteiger partial charge in [0.2, 0.25) is 0 Å². The van der Waals surface area contributed by atoms with Gasteiger partial charge in [-0.15, -0.1) is 0 Å². The van der Waals surface area contributed by atoms with Crippen LogP contribution in [0.5, 0.6) is 0 Å². The maximum Gasteiger partial charge on any atom is -0.0134 e. The van der Waals surface area contributed by atoms with Crippen molar-refractivity contribution >= 4 is 79.0 Å². The van der Waals surface area contributed by atoms with E-state index in [1.54, 1.807) is 0 Å². The Labute approximate surface area is 308 Å². The first-order chi connectivity index (χ1) is 24.3. The molecule has 6 heteroatoms. The number of benzene rings is 7. The molecule has 7 rings (SSSR count). The van der Waals surface area contributed by atoms with Crippen molar-refractivity contribution in [2.45, 2.75) is 0 Å². The molecule has 0 aromatic heterocycles. The van der Waals surface area contributed by atoms with Gasteiger partial charge in [0.15, 0.2) is 0 Å². The molecule has 0 amide bonds. The minimum absolute atomic E-state index is 0.346. The fourth-order valence-corrected chi connectivity index (χ4v) is 9.94. The number of rotatable bonds is 8. The van der Waals surface area contributed by atoms with Gasteiger partial charge in [-0.3, -0.25) is 4.99 Å². The van der Waals surface area contributed by atoms with Crippen LogP contribution in [0, 0.1) is 0 Å². The van der Waals surface area contributed by atoms with Crippen molar-refractivity contribution in [2.75, 3.05) is 0 Å². The zero-order valence-electron chi connectivity index (χ0n) is 26.7. The molecule has 1 nitrogen and oxygen atoms in total. The van der Waals surface area contributed by atoms with Gasteiger partial charge >= 0.3 is 34.5 Å². The van der Waals surface area contributed by atoms with Crippen molar-refractivity contribution in [1.29, 1.82) is 0 Å². The predicted octanol–water partition coefficient (Wildman–Crippen LogP) is 10.0. The van der Waals surface area contributed by atoms with Gasteiger partial charge < -0.3 is 0 Å². The zero-order valence-corrected chi connectivity index (χ0v) is 31.7. The molecule has 0 aliphatic rings. The standard InChI is InChI=1S/C25H20NP.C18H15P.2ClH.Ru/c1-4-13-22(14-5-1)26-20-21-12-10-11-19-25(21)27(23-15-6-2-7-16-23)24-17-8-3-9-18-24;1-4-10-16(11-5-1)19(17-12-6-2-7-13-17)18-14-8-3-9-15-18;;;/h1-20H;1-15H;2*1H;/q;;;;+2/p-2. The van der Waals surface area contributed by atoms with E-state index in [-0.39, 0.29) is 15.1 Å². The molecule has 0 saturated heterocycles. The van der Waals surface area contributed by atoms with E-state index in [0.717, 1.165) is 5.69 Å². The second kappa shape index (κ2) is 20.7. The topological polar surface area (TPSA) is 12.4 Å². The summed E-state index contributed by atoms with van der Waals surface area (Å²) >= 11 is -0.346. The number of hydrogen-bond acceptors (Lipinski definition) is 1. The molecule has 0 heterocycles. The monoisotopic (exact) mass is 799 g/mol. The third-order valence-electron chi connectivity index (χ3n) is 7.36. The molecular formula is C43H35Cl2NP2Ru. The van der Waals surface area contributed by atoms with Crippen LogP contribution in [0.4, 0.5) is 5.69 Å². The van der Waals surface area contributed by atoms with Gasteiger partial charge in [0.1, 0.15) is 0 Å². The molecule has 0 radical (unpaired) electrons. The first-order valence-corrected chi connectivity index (χ1v) is 22.8. The van der Waals surface area contributed by atoms with Crippen LogP contribution in [0.25, 0.3) is 0 Å². The SMILES string of the molecule is C(=Nc1ccccc1)c1ccccc1P(c1ccccc1)c1ccccc1.[Cl][Ru][Cl].c1ccc(P(c2ccccc2)c2ccccc2)cc1. The van der Waals surface area contributed by atoms with E-state index in [9.17, 15) is 0 Å². The average molecular weight is 800 g/mol. The normalized spacial score (nSPS) is 10.7. The Morgan fingerprint density at radius 3 is 1.02 bits per heavy atom. The van der Waals surface area contributed by atoms with Crippen molar-refractivity contribution in [3.8, 4) is 0 Å². The second-order valence-electron chi connectivity index (χ2n) is 10.6. The molecule has 7 aromatic rings. The minimum Gasteiger partial charge on any atom is -0.0622 e. The Hall–Kier alpha value is -3.73. The summed E-state index contributed by atoms with van der Waals surface area (Å²) in [4.78, 5) is 4.69. The molecule has 244 valence electrons. The van der Waals surface area contributed by atoms with Gasteiger partial charge in [0.25, 0.3) is 0 Å². The number of halogens is 2. The summed E-state index contributed by atoms with van der Waals surface area (Å²) in [7, 11) is 8.62. The molecular weight excluding hydrogens is 764 g/mol. The van der Waals surface area contributed by atoms with E-state index in [4.69, 9.17) is 24.4 Å². The summed E-state index contributed by atoms with van der Waals surface area (Å²) in [5.74, 6) is 0. The summed E-state index contributed by atoms with van der Waals surface area (Å²) in [5, 5.41) is 8.21. The molecule has 0 aliphatic carbocycles. The van der Waals surface area contributed by atoms with Crippen LogP contribution in [0.15, 0.2) is 211 Å². The Bertz CT molecular complexity index is 1820. The van der Waals surface area contributed by atoms with Crippen LogP contribution >= 0.6 is 35.2 Å². The molecule has 0 N–H and O–H groups in total. The van der Waals surface area contributed by atoms with E-state index in [1.807, 2.05) is 36.5 Å². The first-order valence-electron chi connectivity index (χ1n) is 15.7. The van der Waals surface area contributed by atoms with Crippen molar-refractivity contribution in [3.63, 3.8) is 0 Å². The largest absolute Gasteiger partial charge is 0.0622 e. The summed E-state index contributed by atoms with van der Waals surface area (Å²) < 4.78 is 0. The summed E-state index contributed by atoms with van der Waals surface area (Å²) in [5.41, 5.74) is 2.14.